The van der Waals surface area contributed by atoms with Crippen LogP contribution in [0, 0.1) is 16.2 Å². The molecule has 2 rings (SSSR count). The Balaban J connectivity index is 2.30. The van der Waals surface area contributed by atoms with Crippen molar-refractivity contribution in [2.45, 2.75) is 46.5 Å². The number of hydrogen-bond acceptors (Lipinski definition) is 2. The summed E-state index contributed by atoms with van der Waals surface area (Å²) in [6.45, 7) is 6.76. The molecule has 0 N–H and O–H groups in total. The van der Waals surface area contributed by atoms with Crippen molar-refractivity contribution in [3.8, 4) is 0 Å². The molecule has 2 saturated carbocycles. The lowest BCUT2D eigenvalue weighted by Crippen LogP contribution is -2.29. The lowest BCUT2D eigenvalue weighted by atomic mass is 9.73. The quantitative estimate of drug-likeness (QED) is 0.603. The van der Waals surface area contributed by atoms with Gasteiger partial charge in [-0.2, -0.15) is 0 Å². The predicted octanol–water partition coefficient (Wildman–Crippen LogP) is 2.77. The molecule has 0 aromatic rings. The zero-order chi connectivity index (χ0) is 10.6. The minimum atomic E-state index is -0.111. The molecule has 14 heavy (non-hydrogen) atoms. The van der Waals surface area contributed by atoms with Crippen molar-refractivity contribution in [2.24, 2.45) is 16.2 Å². The van der Waals surface area contributed by atoms with Crippen molar-refractivity contribution in [3.63, 3.8) is 0 Å². The van der Waals surface area contributed by atoms with E-state index in [-0.39, 0.29) is 22.2 Å². The molecule has 2 heteroatoms. The van der Waals surface area contributed by atoms with Gasteiger partial charge in [-0.25, -0.2) is 0 Å². The third kappa shape index (κ3) is 0.896. The van der Waals surface area contributed by atoms with E-state index in [1.165, 1.54) is 20.0 Å². The number of ether oxygens (including phenoxy) is 1. The maximum Gasteiger partial charge on any atom is 0.312 e. The minimum absolute atomic E-state index is 0.0323. The zero-order valence-corrected chi connectivity index (χ0v) is 9.64. The van der Waals surface area contributed by atoms with Crippen molar-refractivity contribution in [1.82, 2.24) is 0 Å². The van der Waals surface area contributed by atoms with Gasteiger partial charge in [-0.3, -0.25) is 4.79 Å². The fourth-order valence-corrected chi connectivity index (χ4v) is 3.74. The van der Waals surface area contributed by atoms with Gasteiger partial charge < -0.3 is 4.74 Å². The Morgan fingerprint density at radius 1 is 1.29 bits per heavy atom. The van der Waals surface area contributed by atoms with Gasteiger partial charge in [-0.1, -0.05) is 27.2 Å². The second-order valence-corrected chi connectivity index (χ2v) is 5.94. The van der Waals surface area contributed by atoms with Crippen molar-refractivity contribution < 1.29 is 9.53 Å². The minimum Gasteiger partial charge on any atom is -0.469 e. The van der Waals surface area contributed by atoms with E-state index in [0.717, 1.165) is 12.8 Å². The molecule has 80 valence electrons. The lowest BCUT2D eigenvalue weighted by molar-refractivity contribution is -0.149. The van der Waals surface area contributed by atoms with E-state index in [9.17, 15) is 4.79 Å². The van der Waals surface area contributed by atoms with Crippen LogP contribution in [0.5, 0.6) is 0 Å². The Morgan fingerprint density at radius 2 is 1.93 bits per heavy atom. The smallest absolute Gasteiger partial charge is 0.312 e. The van der Waals surface area contributed by atoms with Gasteiger partial charge in [0.15, 0.2) is 0 Å². The van der Waals surface area contributed by atoms with Crippen molar-refractivity contribution >= 4 is 5.97 Å². The monoisotopic (exact) mass is 196 g/mol. The van der Waals surface area contributed by atoms with Gasteiger partial charge in [-0.15, -0.1) is 0 Å². The van der Waals surface area contributed by atoms with E-state index in [1.54, 1.807) is 0 Å². The Morgan fingerprint density at radius 3 is 2.36 bits per heavy atom. The second kappa shape index (κ2) is 2.53. The average Bonchev–Trinajstić information content (AvgIpc) is 2.64. The molecule has 2 aliphatic rings. The molecule has 0 aromatic carbocycles. The van der Waals surface area contributed by atoms with Crippen LogP contribution < -0.4 is 0 Å². The van der Waals surface area contributed by atoms with E-state index in [1.807, 2.05) is 0 Å². The lowest BCUT2D eigenvalue weighted by Gasteiger charge is -2.31. The average molecular weight is 196 g/mol. The van der Waals surface area contributed by atoms with Crippen LogP contribution >= 0.6 is 0 Å². The van der Waals surface area contributed by atoms with Gasteiger partial charge >= 0.3 is 5.97 Å². The molecule has 0 spiro atoms. The fraction of sp³-hybridized carbons (Fsp3) is 0.917. The van der Waals surface area contributed by atoms with Crippen LogP contribution in [0.3, 0.4) is 0 Å². The molecule has 2 aliphatic carbocycles. The van der Waals surface area contributed by atoms with E-state index >= 15 is 0 Å². The Labute approximate surface area is 86.0 Å². The topological polar surface area (TPSA) is 26.3 Å². The molecular weight excluding hydrogens is 176 g/mol. The highest BCUT2D eigenvalue weighted by molar-refractivity contribution is 5.82. The summed E-state index contributed by atoms with van der Waals surface area (Å²) in [5, 5.41) is 0. The summed E-state index contributed by atoms with van der Waals surface area (Å²) in [6, 6.07) is 0. The van der Waals surface area contributed by atoms with Gasteiger partial charge in [0, 0.05) is 0 Å². The summed E-state index contributed by atoms with van der Waals surface area (Å²) >= 11 is 0. The van der Waals surface area contributed by atoms with E-state index < -0.39 is 0 Å². The van der Waals surface area contributed by atoms with Gasteiger partial charge in [0.05, 0.1) is 12.5 Å². The summed E-state index contributed by atoms with van der Waals surface area (Å²) in [5.41, 5.74) is 0.366. The molecule has 0 aliphatic heterocycles. The molecule has 0 saturated heterocycles. The summed E-state index contributed by atoms with van der Waals surface area (Å²) < 4.78 is 4.96. The first-order chi connectivity index (χ1) is 6.40. The van der Waals surface area contributed by atoms with Gasteiger partial charge in [-0.05, 0) is 30.1 Å². The fourth-order valence-electron chi connectivity index (χ4n) is 3.74. The molecular formula is C12H20O2. The van der Waals surface area contributed by atoms with Crippen LogP contribution in [-0.4, -0.2) is 13.1 Å². The van der Waals surface area contributed by atoms with Crippen molar-refractivity contribution in [3.05, 3.63) is 0 Å². The summed E-state index contributed by atoms with van der Waals surface area (Å²) in [6.07, 6.45) is 4.48. The highest BCUT2D eigenvalue weighted by Crippen LogP contribution is 2.80. The summed E-state index contributed by atoms with van der Waals surface area (Å²) in [5.74, 6) is 0.0323. The first-order valence-corrected chi connectivity index (χ1v) is 5.48. The van der Waals surface area contributed by atoms with Gasteiger partial charge in [0.25, 0.3) is 0 Å². The van der Waals surface area contributed by atoms with Crippen LogP contribution in [-0.2, 0) is 9.53 Å². The standard InChI is InChI=1S/C12H20O2/c1-10(2,3)12-7-5-6-11(12,8-12)9(13)14-4/h5-8H2,1-4H3. The molecule has 0 heterocycles. The number of esters is 1. The number of carbonyl (C=O) groups excluding carboxylic acids is 1. The number of fused-ring (bicyclic) bond motifs is 1. The third-order valence-corrected chi connectivity index (χ3v) is 4.61. The number of hydrogen-bond donors (Lipinski definition) is 0. The molecule has 2 fully saturated rings. The van der Waals surface area contributed by atoms with Crippen LogP contribution in [0.1, 0.15) is 46.5 Å². The largest absolute Gasteiger partial charge is 0.469 e. The number of rotatable bonds is 1. The molecule has 2 atom stereocenters. The van der Waals surface area contributed by atoms with Crippen LogP contribution in [0.2, 0.25) is 0 Å². The maximum atomic E-state index is 11.8. The van der Waals surface area contributed by atoms with Crippen LogP contribution in [0.4, 0.5) is 0 Å². The predicted molar refractivity (Wildman–Crippen MR) is 54.8 cm³/mol. The summed E-state index contributed by atoms with van der Waals surface area (Å²) in [7, 11) is 1.52. The second-order valence-electron chi connectivity index (χ2n) is 5.94. The van der Waals surface area contributed by atoms with E-state index in [4.69, 9.17) is 4.74 Å². The number of methoxy groups -OCH3 is 1. The van der Waals surface area contributed by atoms with Crippen LogP contribution in [0.15, 0.2) is 0 Å². The van der Waals surface area contributed by atoms with E-state index in [2.05, 4.69) is 20.8 Å². The third-order valence-electron chi connectivity index (χ3n) is 4.61. The summed E-state index contributed by atoms with van der Waals surface area (Å²) in [4.78, 5) is 11.8. The first-order valence-electron chi connectivity index (χ1n) is 5.48. The van der Waals surface area contributed by atoms with Crippen molar-refractivity contribution in [1.29, 1.82) is 0 Å². The van der Waals surface area contributed by atoms with Gasteiger partial charge in [0.1, 0.15) is 0 Å². The maximum absolute atomic E-state index is 11.8. The SMILES string of the molecule is COC(=O)C12CCCC1(C(C)(C)C)C2. The molecule has 2 nitrogen and oxygen atoms in total. The Bertz CT molecular complexity index is 277. The Kier molecular flexibility index (Phi) is 1.81. The number of carbonyl (C=O) groups is 1. The highest BCUT2D eigenvalue weighted by atomic mass is 16.5. The Hall–Kier alpha value is -0.530. The normalized spacial score (nSPS) is 40.6. The van der Waals surface area contributed by atoms with Gasteiger partial charge in [0.2, 0.25) is 0 Å². The zero-order valence-electron chi connectivity index (χ0n) is 9.64. The van der Waals surface area contributed by atoms with Crippen molar-refractivity contribution in [2.75, 3.05) is 7.11 Å². The van der Waals surface area contributed by atoms with Crippen LogP contribution in [0.25, 0.3) is 0 Å². The highest BCUT2D eigenvalue weighted by Gasteiger charge is 2.77. The molecule has 0 radical (unpaired) electrons. The van der Waals surface area contributed by atoms with E-state index in [0.29, 0.717) is 0 Å². The molecule has 0 bridgehead atoms. The first kappa shape index (κ1) is 10.0. The molecule has 0 amide bonds. The molecule has 2 unspecified atom stereocenters. The molecule has 0 aromatic heterocycles.